The molecule has 4 aromatic rings. The molecule has 2 aromatic heterocycles. The van der Waals surface area contributed by atoms with Gasteiger partial charge in [-0.15, -0.1) is 11.3 Å². The fraction of sp³-hybridized carbons (Fsp3) is 0.240. The lowest BCUT2D eigenvalue weighted by molar-refractivity contribution is 0.0620. The van der Waals surface area contributed by atoms with Crippen LogP contribution in [0.4, 0.5) is 4.39 Å². The zero-order valence-corrected chi connectivity index (χ0v) is 19.3. The number of thiazole rings is 1. The van der Waals surface area contributed by atoms with E-state index in [2.05, 4.69) is 15.6 Å². The van der Waals surface area contributed by atoms with E-state index in [1.807, 2.05) is 25.1 Å². The topological polar surface area (TPSA) is 87.5 Å². The van der Waals surface area contributed by atoms with Crippen molar-refractivity contribution in [1.82, 2.24) is 20.5 Å². The SMILES string of the molecule is Cc1nc(C(=O)N2CCNCC2CNC(=O)c2cccc3ccoc23)c(-c2ccc(F)cc2)s1. The molecule has 174 valence electrons. The van der Waals surface area contributed by atoms with Crippen LogP contribution in [0.2, 0.25) is 0 Å². The van der Waals surface area contributed by atoms with Crippen LogP contribution >= 0.6 is 11.3 Å². The van der Waals surface area contributed by atoms with Crippen LogP contribution in [-0.2, 0) is 0 Å². The Morgan fingerprint density at radius 2 is 2.06 bits per heavy atom. The molecule has 1 saturated heterocycles. The molecule has 1 unspecified atom stereocenters. The standard InChI is InChI=1S/C25H23FN4O3S/c1-15-29-21(23(34-15)17-5-7-18(26)8-6-17)25(32)30-11-10-27-13-19(30)14-28-24(31)20-4-2-3-16-9-12-33-22(16)20/h2-9,12,19,27H,10-11,13-14H2,1H3,(H,28,31). The first-order chi connectivity index (χ1) is 16.5. The molecule has 0 bridgehead atoms. The maximum atomic E-state index is 13.6. The molecule has 1 aliphatic heterocycles. The van der Waals surface area contributed by atoms with Crippen molar-refractivity contribution in [1.29, 1.82) is 0 Å². The van der Waals surface area contributed by atoms with Gasteiger partial charge in [-0.05, 0) is 36.8 Å². The van der Waals surface area contributed by atoms with Crippen molar-refractivity contribution in [2.45, 2.75) is 13.0 Å². The van der Waals surface area contributed by atoms with Crippen LogP contribution in [0, 0.1) is 12.7 Å². The Labute approximate surface area is 199 Å². The van der Waals surface area contributed by atoms with Crippen LogP contribution in [0.15, 0.2) is 59.2 Å². The van der Waals surface area contributed by atoms with E-state index in [1.165, 1.54) is 23.5 Å². The van der Waals surface area contributed by atoms with Crippen molar-refractivity contribution in [2.75, 3.05) is 26.2 Å². The molecule has 2 aromatic carbocycles. The highest BCUT2D eigenvalue weighted by Gasteiger charge is 2.31. The van der Waals surface area contributed by atoms with E-state index in [0.29, 0.717) is 41.4 Å². The van der Waals surface area contributed by atoms with Crippen molar-refractivity contribution in [3.63, 3.8) is 0 Å². The summed E-state index contributed by atoms with van der Waals surface area (Å²) in [4.78, 5) is 33.4. The second kappa shape index (κ2) is 9.36. The van der Waals surface area contributed by atoms with E-state index >= 15 is 0 Å². The molecular formula is C25H23FN4O3S. The predicted octanol–water partition coefficient (Wildman–Crippen LogP) is 3.85. The van der Waals surface area contributed by atoms with E-state index in [1.54, 1.807) is 29.4 Å². The van der Waals surface area contributed by atoms with Gasteiger partial charge in [0, 0.05) is 31.6 Å². The summed E-state index contributed by atoms with van der Waals surface area (Å²) in [5.74, 6) is -0.784. The van der Waals surface area contributed by atoms with Gasteiger partial charge < -0.3 is 20.0 Å². The smallest absolute Gasteiger partial charge is 0.274 e. The molecule has 5 rings (SSSR count). The number of aromatic nitrogens is 1. The molecule has 9 heteroatoms. The maximum Gasteiger partial charge on any atom is 0.274 e. The van der Waals surface area contributed by atoms with Gasteiger partial charge in [-0.2, -0.15) is 0 Å². The molecule has 3 heterocycles. The summed E-state index contributed by atoms with van der Waals surface area (Å²) in [5, 5.41) is 7.86. The van der Waals surface area contributed by atoms with Crippen molar-refractivity contribution < 1.29 is 18.4 Å². The maximum absolute atomic E-state index is 13.6. The molecule has 1 fully saturated rings. The minimum absolute atomic E-state index is 0.197. The zero-order valence-electron chi connectivity index (χ0n) is 18.5. The lowest BCUT2D eigenvalue weighted by Crippen LogP contribution is -2.57. The van der Waals surface area contributed by atoms with E-state index < -0.39 is 0 Å². The third-order valence-electron chi connectivity index (χ3n) is 5.88. The third kappa shape index (κ3) is 4.32. The van der Waals surface area contributed by atoms with Crippen LogP contribution in [0.3, 0.4) is 0 Å². The monoisotopic (exact) mass is 478 g/mol. The first-order valence-corrected chi connectivity index (χ1v) is 11.8. The summed E-state index contributed by atoms with van der Waals surface area (Å²) in [7, 11) is 0. The average Bonchev–Trinajstić information content (AvgIpc) is 3.49. The quantitative estimate of drug-likeness (QED) is 0.455. The van der Waals surface area contributed by atoms with Crippen LogP contribution in [0.25, 0.3) is 21.4 Å². The first kappa shape index (κ1) is 22.2. The van der Waals surface area contributed by atoms with Gasteiger partial charge in [0.25, 0.3) is 11.8 Å². The molecule has 1 atom stereocenters. The van der Waals surface area contributed by atoms with Gasteiger partial charge in [-0.1, -0.05) is 24.3 Å². The normalized spacial score (nSPS) is 16.1. The summed E-state index contributed by atoms with van der Waals surface area (Å²) in [6.45, 7) is 3.82. The summed E-state index contributed by atoms with van der Waals surface area (Å²) in [6.07, 6.45) is 1.56. The van der Waals surface area contributed by atoms with E-state index in [4.69, 9.17) is 4.42 Å². The van der Waals surface area contributed by atoms with Gasteiger partial charge in [-0.25, -0.2) is 9.37 Å². The molecule has 34 heavy (non-hydrogen) atoms. The number of nitrogens with zero attached hydrogens (tertiary/aromatic N) is 2. The number of nitrogens with one attached hydrogen (secondary N) is 2. The van der Waals surface area contributed by atoms with Crippen LogP contribution in [0.1, 0.15) is 25.9 Å². The number of carbonyl (C=O) groups is 2. The minimum Gasteiger partial charge on any atom is -0.464 e. The number of piperazine rings is 1. The number of carbonyl (C=O) groups excluding carboxylic acids is 2. The van der Waals surface area contributed by atoms with E-state index in [-0.39, 0.29) is 30.2 Å². The predicted molar refractivity (Wildman–Crippen MR) is 128 cm³/mol. The molecule has 2 amide bonds. The number of fused-ring (bicyclic) bond motifs is 1. The van der Waals surface area contributed by atoms with E-state index in [0.717, 1.165) is 16.0 Å². The number of hydrogen-bond acceptors (Lipinski definition) is 6. The zero-order chi connectivity index (χ0) is 23.7. The Kier molecular flexibility index (Phi) is 6.12. The number of amides is 2. The highest BCUT2D eigenvalue weighted by atomic mass is 32.1. The Morgan fingerprint density at radius 3 is 2.88 bits per heavy atom. The van der Waals surface area contributed by atoms with Crippen molar-refractivity contribution in [2.24, 2.45) is 0 Å². The van der Waals surface area contributed by atoms with Crippen molar-refractivity contribution >= 4 is 34.1 Å². The molecule has 0 aliphatic carbocycles. The Morgan fingerprint density at radius 1 is 1.24 bits per heavy atom. The lowest BCUT2D eigenvalue weighted by Gasteiger charge is -2.36. The van der Waals surface area contributed by atoms with Gasteiger partial charge in [0.2, 0.25) is 0 Å². The van der Waals surface area contributed by atoms with Gasteiger partial charge >= 0.3 is 0 Å². The number of aryl methyl sites for hydroxylation is 1. The fourth-order valence-electron chi connectivity index (χ4n) is 4.19. The molecule has 0 saturated carbocycles. The summed E-state index contributed by atoms with van der Waals surface area (Å²) < 4.78 is 18.9. The third-order valence-corrected chi connectivity index (χ3v) is 6.90. The molecule has 7 nitrogen and oxygen atoms in total. The Balaban J connectivity index is 1.35. The second-order valence-corrected chi connectivity index (χ2v) is 9.33. The summed E-state index contributed by atoms with van der Waals surface area (Å²) in [6, 6.07) is 13.0. The fourth-order valence-corrected chi connectivity index (χ4v) is 5.11. The van der Waals surface area contributed by atoms with Gasteiger partial charge in [0.15, 0.2) is 0 Å². The first-order valence-electron chi connectivity index (χ1n) is 11.0. The van der Waals surface area contributed by atoms with Crippen LogP contribution in [-0.4, -0.2) is 53.9 Å². The number of para-hydroxylation sites is 1. The second-order valence-electron chi connectivity index (χ2n) is 8.13. The molecule has 1 aliphatic rings. The van der Waals surface area contributed by atoms with Gasteiger partial charge in [0.1, 0.15) is 17.1 Å². The number of hydrogen-bond donors (Lipinski definition) is 2. The van der Waals surface area contributed by atoms with Crippen molar-refractivity contribution in [3.05, 3.63) is 76.9 Å². The largest absolute Gasteiger partial charge is 0.464 e. The average molecular weight is 479 g/mol. The molecule has 2 N–H and O–H groups in total. The number of rotatable bonds is 5. The Bertz CT molecular complexity index is 1350. The van der Waals surface area contributed by atoms with Crippen molar-refractivity contribution in [3.8, 4) is 10.4 Å². The molecular weight excluding hydrogens is 455 g/mol. The molecule has 0 spiro atoms. The highest BCUT2D eigenvalue weighted by Crippen LogP contribution is 2.31. The van der Waals surface area contributed by atoms with Crippen LogP contribution < -0.4 is 10.6 Å². The number of benzene rings is 2. The highest BCUT2D eigenvalue weighted by molar-refractivity contribution is 7.15. The lowest BCUT2D eigenvalue weighted by atomic mass is 10.1. The van der Waals surface area contributed by atoms with E-state index in [9.17, 15) is 14.0 Å². The summed E-state index contributed by atoms with van der Waals surface area (Å²) in [5.41, 5.74) is 2.10. The molecule has 0 radical (unpaired) electrons. The number of halogens is 1. The Hall–Kier alpha value is -3.56. The summed E-state index contributed by atoms with van der Waals surface area (Å²) >= 11 is 1.41. The van der Waals surface area contributed by atoms with Crippen LogP contribution in [0.5, 0.6) is 0 Å². The van der Waals surface area contributed by atoms with Gasteiger partial charge in [-0.3, -0.25) is 9.59 Å². The van der Waals surface area contributed by atoms with Gasteiger partial charge in [0.05, 0.1) is 27.8 Å². The minimum atomic E-state index is -0.332. The number of furan rings is 1.